The highest BCUT2D eigenvalue weighted by Crippen LogP contribution is 2.32. The van der Waals surface area contributed by atoms with Crippen molar-refractivity contribution in [3.8, 4) is 0 Å². The zero-order valence-corrected chi connectivity index (χ0v) is 11.8. The summed E-state index contributed by atoms with van der Waals surface area (Å²) in [6.45, 7) is 4.59. The van der Waals surface area contributed by atoms with Gasteiger partial charge in [0.15, 0.2) is 0 Å². The Labute approximate surface area is 113 Å². The lowest BCUT2D eigenvalue weighted by molar-refractivity contribution is -0.137. The summed E-state index contributed by atoms with van der Waals surface area (Å²) in [5.41, 5.74) is -0.845. The maximum atomic E-state index is 12.4. The van der Waals surface area contributed by atoms with Crippen molar-refractivity contribution in [2.75, 3.05) is 18.1 Å². The van der Waals surface area contributed by atoms with E-state index in [0.717, 1.165) is 12.3 Å². The summed E-state index contributed by atoms with van der Waals surface area (Å²) < 4.78 is 37.2. The van der Waals surface area contributed by atoms with Gasteiger partial charge < -0.3 is 5.32 Å². The number of rotatable bonds is 4. The number of aromatic nitrogens is 1. The summed E-state index contributed by atoms with van der Waals surface area (Å²) in [4.78, 5) is 3.71. The molecule has 0 saturated heterocycles. The van der Waals surface area contributed by atoms with E-state index in [4.69, 9.17) is 11.6 Å². The number of hydrogen-bond donors (Lipinski definition) is 1. The summed E-state index contributed by atoms with van der Waals surface area (Å²) in [5.74, 6) is 0.270. The second-order valence-electron chi connectivity index (χ2n) is 4.37. The van der Waals surface area contributed by atoms with E-state index < -0.39 is 11.7 Å². The van der Waals surface area contributed by atoms with Crippen LogP contribution in [0.1, 0.15) is 19.4 Å². The molecule has 0 aliphatic heterocycles. The highest BCUT2D eigenvalue weighted by molar-refractivity contribution is 7.99. The van der Waals surface area contributed by atoms with Crippen LogP contribution < -0.4 is 5.32 Å². The number of pyridine rings is 1. The van der Waals surface area contributed by atoms with Crippen LogP contribution in [0.5, 0.6) is 0 Å². The predicted molar refractivity (Wildman–Crippen MR) is 70.3 cm³/mol. The van der Waals surface area contributed by atoms with E-state index in [0.29, 0.717) is 6.54 Å². The lowest BCUT2D eigenvalue weighted by Gasteiger charge is -2.23. The maximum absolute atomic E-state index is 12.4. The predicted octanol–water partition coefficient (Wildman–Crippen LogP) is 4.31. The summed E-state index contributed by atoms with van der Waals surface area (Å²) in [7, 11) is 0. The Kier molecular flexibility index (Phi) is 4.78. The first-order valence-corrected chi connectivity index (χ1v) is 6.78. The minimum absolute atomic E-state index is 0.0262. The zero-order valence-electron chi connectivity index (χ0n) is 10.2. The molecule has 0 amide bonds. The van der Waals surface area contributed by atoms with Crippen molar-refractivity contribution in [3.05, 3.63) is 22.8 Å². The monoisotopic (exact) mass is 298 g/mol. The van der Waals surface area contributed by atoms with Gasteiger partial charge in [-0.3, -0.25) is 0 Å². The van der Waals surface area contributed by atoms with Gasteiger partial charge in [-0.05, 0) is 26.2 Å². The zero-order chi connectivity index (χ0) is 14.0. The van der Waals surface area contributed by atoms with E-state index in [1.165, 1.54) is 0 Å². The number of nitrogens with one attached hydrogen (secondary N) is 1. The van der Waals surface area contributed by atoms with Crippen LogP contribution in [0, 0.1) is 0 Å². The largest absolute Gasteiger partial charge is 0.417 e. The molecule has 0 aliphatic rings. The fourth-order valence-corrected chi connectivity index (χ4v) is 1.54. The Morgan fingerprint density at radius 1 is 1.39 bits per heavy atom. The Hall–Kier alpha value is -0.620. The van der Waals surface area contributed by atoms with Crippen LogP contribution in [0.4, 0.5) is 19.0 Å². The fraction of sp³-hybridized carbons (Fsp3) is 0.545. The van der Waals surface area contributed by atoms with Crippen LogP contribution >= 0.6 is 23.4 Å². The molecule has 0 saturated carbocycles. The van der Waals surface area contributed by atoms with Crippen LogP contribution in [0.2, 0.25) is 5.02 Å². The molecule has 1 rings (SSSR count). The smallest absolute Gasteiger partial charge is 0.367 e. The molecular formula is C11H14ClF3N2S. The number of thioether (sulfide) groups is 1. The van der Waals surface area contributed by atoms with E-state index in [-0.39, 0.29) is 15.6 Å². The molecule has 1 heterocycles. The lowest BCUT2D eigenvalue weighted by Crippen LogP contribution is -2.26. The second kappa shape index (κ2) is 5.57. The highest BCUT2D eigenvalue weighted by Gasteiger charge is 2.31. The highest BCUT2D eigenvalue weighted by atomic mass is 35.5. The molecule has 2 nitrogen and oxygen atoms in total. The number of halogens is 4. The molecule has 0 radical (unpaired) electrons. The van der Waals surface area contributed by atoms with E-state index in [1.807, 2.05) is 20.1 Å². The lowest BCUT2D eigenvalue weighted by atomic mass is 10.2. The van der Waals surface area contributed by atoms with Gasteiger partial charge in [0, 0.05) is 17.5 Å². The summed E-state index contributed by atoms with van der Waals surface area (Å²) in [6.07, 6.45) is -1.68. The van der Waals surface area contributed by atoms with Gasteiger partial charge >= 0.3 is 6.18 Å². The number of anilines is 1. The molecule has 7 heteroatoms. The first-order chi connectivity index (χ1) is 8.15. The van der Waals surface area contributed by atoms with Crippen LogP contribution in [-0.4, -0.2) is 22.5 Å². The van der Waals surface area contributed by atoms with Gasteiger partial charge in [0.2, 0.25) is 0 Å². The minimum Gasteiger partial charge on any atom is -0.367 e. The number of hydrogen-bond acceptors (Lipinski definition) is 3. The Morgan fingerprint density at radius 3 is 2.44 bits per heavy atom. The molecule has 0 aromatic carbocycles. The van der Waals surface area contributed by atoms with Crippen molar-refractivity contribution in [1.82, 2.24) is 4.98 Å². The summed E-state index contributed by atoms with van der Waals surface area (Å²) >= 11 is 7.42. The fourth-order valence-electron chi connectivity index (χ4n) is 1.09. The Bertz CT molecular complexity index is 421. The van der Waals surface area contributed by atoms with Gasteiger partial charge in [-0.25, -0.2) is 4.98 Å². The van der Waals surface area contributed by atoms with Crippen molar-refractivity contribution in [2.24, 2.45) is 0 Å². The summed E-state index contributed by atoms with van der Waals surface area (Å²) in [6, 6.07) is 0.878. The van der Waals surface area contributed by atoms with Crippen LogP contribution in [-0.2, 0) is 6.18 Å². The molecule has 0 fully saturated rings. The Morgan fingerprint density at radius 2 is 2.00 bits per heavy atom. The van der Waals surface area contributed by atoms with Crippen molar-refractivity contribution in [1.29, 1.82) is 0 Å². The third-order valence-corrected chi connectivity index (χ3v) is 3.94. The van der Waals surface area contributed by atoms with Gasteiger partial charge in [-0.2, -0.15) is 24.9 Å². The standard InChI is InChI=1S/C11H14ClF3N2S/c1-10(2,18-3)6-17-9-8(12)4-7(5-16-9)11(13,14)15/h4-5H,6H2,1-3H3,(H,16,17). The molecule has 1 N–H and O–H groups in total. The Balaban J connectivity index is 2.81. The number of nitrogens with zero attached hydrogens (tertiary/aromatic N) is 1. The maximum Gasteiger partial charge on any atom is 0.417 e. The van der Waals surface area contributed by atoms with E-state index in [1.54, 1.807) is 11.8 Å². The minimum atomic E-state index is -4.42. The van der Waals surface area contributed by atoms with E-state index in [2.05, 4.69) is 10.3 Å². The normalized spacial score (nSPS) is 12.6. The third-order valence-electron chi connectivity index (χ3n) is 2.40. The van der Waals surface area contributed by atoms with Gasteiger partial charge in [-0.1, -0.05) is 11.6 Å². The number of alkyl halides is 3. The van der Waals surface area contributed by atoms with Crippen molar-refractivity contribution < 1.29 is 13.2 Å². The third kappa shape index (κ3) is 4.24. The SMILES string of the molecule is CSC(C)(C)CNc1ncc(C(F)(F)F)cc1Cl. The first kappa shape index (κ1) is 15.4. The van der Waals surface area contributed by atoms with E-state index >= 15 is 0 Å². The average Bonchev–Trinajstić information content (AvgIpc) is 2.26. The van der Waals surface area contributed by atoms with Crippen LogP contribution in [0.3, 0.4) is 0 Å². The van der Waals surface area contributed by atoms with Gasteiger partial charge in [0.1, 0.15) is 5.82 Å². The van der Waals surface area contributed by atoms with Gasteiger partial charge in [-0.15, -0.1) is 0 Å². The molecule has 0 aliphatic carbocycles. The molecular weight excluding hydrogens is 285 g/mol. The van der Waals surface area contributed by atoms with Gasteiger partial charge in [0.25, 0.3) is 0 Å². The average molecular weight is 299 g/mol. The molecule has 0 atom stereocenters. The topological polar surface area (TPSA) is 24.9 Å². The molecule has 102 valence electrons. The van der Waals surface area contributed by atoms with Crippen LogP contribution in [0.15, 0.2) is 12.3 Å². The second-order valence-corrected chi connectivity index (χ2v) is 6.29. The molecule has 0 spiro atoms. The van der Waals surface area contributed by atoms with Crippen molar-refractivity contribution >= 4 is 29.2 Å². The van der Waals surface area contributed by atoms with Crippen molar-refractivity contribution in [2.45, 2.75) is 24.8 Å². The molecule has 1 aromatic rings. The van der Waals surface area contributed by atoms with Crippen molar-refractivity contribution in [3.63, 3.8) is 0 Å². The quantitative estimate of drug-likeness (QED) is 0.897. The molecule has 1 aromatic heterocycles. The molecule has 18 heavy (non-hydrogen) atoms. The van der Waals surface area contributed by atoms with E-state index in [9.17, 15) is 13.2 Å². The first-order valence-electron chi connectivity index (χ1n) is 5.17. The molecule has 0 unspecified atom stereocenters. The van der Waals surface area contributed by atoms with Gasteiger partial charge in [0.05, 0.1) is 10.6 Å². The molecule has 0 bridgehead atoms. The van der Waals surface area contributed by atoms with Crippen LogP contribution in [0.25, 0.3) is 0 Å². The summed E-state index contributed by atoms with van der Waals surface area (Å²) in [5, 5.41) is 2.93.